The molecule has 1 aromatic heterocycles. The lowest BCUT2D eigenvalue weighted by atomic mass is 9.91. The van der Waals surface area contributed by atoms with Gasteiger partial charge in [0.2, 0.25) is 0 Å². The van der Waals surface area contributed by atoms with Crippen LogP contribution >= 0.6 is 27.5 Å². The van der Waals surface area contributed by atoms with E-state index in [4.69, 9.17) is 11.6 Å². The number of alkyl halides is 1. The monoisotopic (exact) mass is 319 g/mol. The number of aromatic nitrogens is 2. The van der Waals surface area contributed by atoms with E-state index >= 15 is 0 Å². The van der Waals surface area contributed by atoms with E-state index in [1.807, 2.05) is 18.7 Å². The van der Waals surface area contributed by atoms with Crippen molar-refractivity contribution in [3.05, 3.63) is 15.9 Å². The minimum absolute atomic E-state index is 0.699. The number of nitrogens with zero attached hydrogens (tertiary/aromatic N) is 3. The Bertz CT molecular complexity index is 387. The fourth-order valence-corrected chi connectivity index (χ4v) is 2.97. The summed E-state index contributed by atoms with van der Waals surface area (Å²) >= 11 is 9.52. The summed E-state index contributed by atoms with van der Waals surface area (Å²) in [5.41, 5.74) is 2.31. The largest absolute Gasteiger partial charge is 0.293 e. The summed E-state index contributed by atoms with van der Waals surface area (Å²) in [4.78, 5) is 2.48. The van der Waals surface area contributed by atoms with Crippen LogP contribution < -0.4 is 0 Å². The summed E-state index contributed by atoms with van der Waals surface area (Å²) in [6.45, 7) is 3.93. The van der Waals surface area contributed by atoms with Crippen molar-refractivity contribution in [3.8, 4) is 0 Å². The standard InChI is InChI=1S/C12H19BrClN3/c1-9-12(13)11(16(2)15-9)8-17(7-6-14)10-4-3-5-10/h10H,3-8H2,1-2H3. The van der Waals surface area contributed by atoms with Crippen molar-refractivity contribution in [2.75, 3.05) is 12.4 Å². The van der Waals surface area contributed by atoms with E-state index in [-0.39, 0.29) is 0 Å². The SMILES string of the molecule is Cc1nn(C)c(CN(CCCl)C2CCC2)c1Br. The maximum absolute atomic E-state index is 5.90. The Kier molecular flexibility index (Phi) is 4.50. The average molecular weight is 321 g/mol. The molecular formula is C12H19BrClN3. The number of hydrogen-bond donors (Lipinski definition) is 0. The van der Waals surface area contributed by atoms with Crippen LogP contribution in [0.2, 0.25) is 0 Å². The molecule has 1 aromatic rings. The highest BCUT2D eigenvalue weighted by molar-refractivity contribution is 9.10. The number of aryl methyl sites for hydroxylation is 2. The van der Waals surface area contributed by atoms with Crippen LogP contribution in [0.25, 0.3) is 0 Å². The Hall–Kier alpha value is -0.0600. The number of rotatable bonds is 5. The van der Waals surface area contributed by atoms with Crippen molar-refractivity contribution in [1.29, 1.82) is 0 Å². The van der Waals surface area contributed by atoms with E-state index in [1.165, 1.54) is 25.0 Å². The zero-order valence-electron chi connectivity index (χ0n) is 10.4. The summed E-state index contributed by atoms with van der Waals surface area (Å²) < 4.78 is 3.11. The first kappa shape index (κ1) is 13.4. The van der Waals surface area contributed by atoms with Crippen molar-refractivity contribution < 1.29 is 0 Å². The quantitative estimate of drug-likeness (QED) is 0.777. The van der Waals surface area contributed by atoms with Crippen molar-refractivity contribution in [3.63, 3.8) is 0 Å². The molecule has 3 nitrogen and oxygen atoms in total. The molecule has 0 unspecified atom stereocenters. The molecule has 0 saturated heterocycles. The minimum atomic E-state index is 0.699. The Morgan fingerprint density at radius 1 is 1.53 bits per heavy atom. The number of hydrogen-bond acceptors (Lipinski definition) is 2. The zero-order chi connectivity index (χ0) is 12.4. The molecular weight excluding hydrogens is 302 g/mol. The topological polar surface area (TPSA) is 21.1 Å². The van der Waals surface area contributed by atoms with Gasteiger partial charge in [-0.15, -0.1) is 11.6 Å². The maximum atomic E-state index is 5.90. The Balaban J connectivity index is 2.10. The fourth-order valence-electron chi connectivity index (χ4n) is 2.30. The summed E-state index contributed by atoms with van der Waals surface area (Å²) in [6.07, 6.45) is 3.98. The van der Waals surface area contributed by atoms with Crippen LogP contribution in [-0.4, -0.2) is 33.1 Å². The molecule has 0 aliphatic heterocycles. The molecule has 0 spiro atoms. The van der Waals surface area contributed by atoms with Gasteiger partial charge in [0.25, 0.3) is 0 Å². The maximum Gasteiger partial charge on any atom is 0.0739 e. The molecule has 2 rings (SSSR count). The van der Waals surface area contributed by atoms with E-state index < -0.39 is 0 Å². The molecule has 1 heterocycles. The highest BCUT2D eigenvalue weighted by Crippen LogP contribution is 2.28. The summed E-state index contributed by atoms with van der Waals surface area (Å²) in [5.74, 6) is 0.699. The average Bonchev–Trinajstić information content (AvgIpc) is 2.43. The first-order chi connectivity index (χ1) is 8.13. The summed E-state index contributed by atoms with van der Waals surface area (Å²) in [5, 5.41) is 4.44. The van der Waals surface area contributed by atoms with Crippen LogP contribution in [0.5, 0.6) is 0 Å². The van der Waals surface area contributed by atoms with Gasteiger partial charge in [0.15, 0.2) is 0 Å². The van der Waals surface area contributed by atoms with Gasteiger partial charge in [-0.25, -0.2) is 0 Å². The van der Waals surface area contributed by atoms with Crippen LogP contribution in [0.15, 0.2) is 4.47 Å². The normalized spacial score (nSPS) is 16.5. The van der Waals surface area contributed by atoms with Gasteiger partial charge in [0.05, 0.1) is 15.9 Å². The molecule has 0 radical (unpaired) electrons. The molecule has 1 fully saturated rings. The third kappa shape index (κ3) is 2.85. The molecule has 1 saturated carbocycles. The van der Waals surface area contributed by atoms with Crippen molar-refractivity contribution in [2.45, 2.75) is 38.8 Å². The Labute approximate surface area is 116 Å². The second-order valence-corrected chi connectivity index (χ2v) is 5.88. The van der Waals surface area contributed by atoms with E-state index in [0.29, 0.717) is 5.88 Å². The van der Waals surface area contributed by atoms with Crippen LogP contribution in [0.3, 0.4) is 0 Å². The smallest absolute Gasteiger partial charge is 0.0739 e. The van der Waals surface area contributed by atoms with Gasteiger partial charge in [-0.05, 0) is 35.7 Å². The highest BCUT2D eigenvalue weighted by atomic mass is 79.9. The van der Waals surface area contributed by atoms with Crippen molar-refractivity contribution in [2.24, 2.45) is 7.05 Å². The third-order valence-electron chi connectivity index (χ3n) is 3.58. The summed E-state index contributed by atoms with van der Waals surface area (Å²) in [7, 11) is 2.01. The predicted molar refractivity (Wildman–Crippen MR) is 74.4 cm³/mol. The lowest BCUT2D eigenvalue weighted by molar-refractivity contribution is 0.124. The van der Waals surface area contributed by atoms with Gasteiger partial charge >= 0.3 is 0 Å². The summed E-state index contributed by atoms with van der Waals surface area (Å²) in [6, 6.07) is 0.718. The molecule has 0 aromatic carbocycles. The fraction of sp³-hybridized carbons (Fsp3) is 0.750. The highest BCUT2D eigenvalue weighted by Gasteiger charge is 2.26. The molecule has 0 bridgehead atoms. The second-order valence-electron chi connectivity index (χ2n) is 4.71. The third-order valence-corrected chi connectivity index (χ3v) is 4.78. The Morgan fingerprint density at radius 3 is 2.65 bits per heavy atom. The lowest BCUT2D eigenvalue weighted by Crippen LogP contribution is -2.41. The predicted octanol–water partition coefficient (Wildman–Crippen LogP) is 3.08. The van der Waals surface area contributed by atoms with E-state index in [2.05, 4.69) is 25.9 Å². The molecule has 0 atom stereocenters. The van der Waals surface area contributed by atoms with Crippen molar-refractivity contribution >= 4 is 27.5 Å². The van der Waals surface area contributed by atoms with Gasteiger partial charge in [0, 0.05) is 32.1 Å². The van der Waals surface area contributed by atoms with Crippen LogP contribution in [0.4, 0.5) is 0 Å². The van der Waals surface area contributed by atoms with Crippen LogP contribution in [-0.2, 0) is 13.6 Å². The van der Waals surface area contributed by atoms with Gasteiger partial charge in [-0.3, -0.25) is 9.58 Å². The molecule has 96 valence electrons. The van der Waals surface area contributed by atoms with Gasteiger partial charge in [0.1, 0.15) is 0 Å². The zero-order valence-corrected chi connectivity index (χ0v) is 12.8. The van der Waals surface area contributed by atoms with Gasteiger partial charge < -0.3 is 0 Å². The van der Waals surface area contributed by atoms with Crippen LogP contribution in [0.1, 0.15) is 30.7 Å². The lowest BCUT2D eigenvalue weighted by Gasteiger charge is -2.37. The van der Waals surface area contributed by atoms with E-state index in [0.717, 1.165) is 29.3 Å². The van der Waals surface area contributed by atoms with Crippen molar-refractivity contribution in [1.82, 2.24) is 14.7 Å². The Morgan fingerprint density at radius 2 is 2.24 bits per heavy atom. The molecule has 17 heavy (non-hydrogen) atoms. The molecule has 1 aliphatic rings. The second kappa shape index (κ2) is 5.72. The molecule has 5 heteroatoms. The van der Waals surface area contributed by atoms with Gasteiger partial charge in [-0.1, -0.05) is 6.42 Å². The first-order valence-corrected chi connectivity index (χ1v) is 7.44. The minimum Gasteiger partial charge on any atom is -0.293 e. The van der Waals surface area contributed by atoms with E-state index in [1.54, 1.807) is 0 Å². The number of halogens is 2. The van der Waals surface area contributed by atoms with Gasteiger partial charge in [-0.2, -0.15) is 5.10 Å². The van der Waals surface area contributed by atoms with Crippen LogP contribution in [0, 0.1) is 6.92 Å². The first-order valence-electron chi connectivity index (χ1n) is 6.11. The molecule has 1 aliphatic carbocycles. The van der Waals surface area contributed by atoms with E-state index in [9.17, 15) is 0 Å². The molecule has 0 N–H and O–H groups in total. The molecule has 0 amide bonds.